The van der Waals surface area contributed by atoms with Gasteiger partial charge in [-0.2, -0.15) is 4.98 Å². The van der Waals surface area contributed by atoms with Crippen LogP contribution in [0.4, 0.5) is 0 Å². The Morgan fingerprint density at radius 1 is 1.10 bits per heavy atom. The lowest BCUT2D eigenvalue weighted by Gasteiger charge is -2.20. The van der Waals surface area contributed by atoms with Crippen molar-refractivity contribution >= 4 is 23.4 Å². The normalized spacial score (nSPS) is 12.5. The van der Waals surface area contributed by atoms with E-state index in [1.807, 2.05) is 74.1 Å². The van der Waals surface area contributed by atoms with E-state index in [0.29, 0.717) is 22.5 Å². The molecular formula is C22H23ClN6OS. The van der Waals surface area contributed by atoms with Crippen LogP contribution in [0.5, 0.6) is 0 Å². The van der Waals surface area contributed by atoms with Gasteiger partial charge in [0, 0.05) is 16.3 Å². The van der Waals surface area contributed by atoms with Gasteiger partial charge in [0.15, 0.2) is 11.0 Å². The third kappa shape index (κ3) is 4.66. The largest absolute Gasteiger partial charge is 0.338 e. The van der Waals surface area contributed by atoms with Crippen molar-refractivity contribution in [2.45, 2.75) is 30.8 Å². The van der Waals surface area contributed by atoms with E-state index in [1.165, 1.54) is 11.8 Å². The Balaban J connectivity index is 1.60. The molecule has 0 radical (unpaired) electrons. The van der Waals surface area contributed by atoms with E-state index in [4.69, 9.17) is 16.1 Å². The van der Waals surface area contributed by atoms with Gasteiger partial charge in [-0.1, -0.05) is 52.8 Å². The van der Waals surface area contributed by atoms with Crippen LogP contribution in [0.15, 0.2) is 58.2 Å². The quantitative estimate of drug-likeness (QED) is 0.355. The summed E-state index contributed by atoms with van der Waals surface area (Å²) in [5, 5.41) is 14.5. The van der Waals surface area contributed by atoms with E-state index in [0.717, 1.165) is 27.8 Å². The van der Waals surface area contributed by atoms with Crippen LogP contribution in [0, 0.1) is 6.92 Å². The first-order valence-corrected chi connectivity index (χ1v) is 11.2. The molecule has 2 aromatic heterocycles. The summed E-state index contributed by atoms with van der Waals surface area (Å²) in [5.74, 6) is 2.47. The van der Waals surface area contributed by atoms with Gasteiger partial charge in [-0.05, 0) is 57.8 Å². The van der Waals surface area contributed by atoms with Crippen molar-refractivity contribution in [2.75, 3.05) is 14.1 Å². The number of rotatable bonds is 7. The van der Waals surface area contributed by atoms with E-state index < -0.39 is 0 Å². The SMILES string of the molecule is Cc1ccccc1-c1noc(CSc2nnc(C(C)N(C)C)n2-c2ccc(Cl)cc2)n1. The third-order valence-electron chi connectivity index (χ3n) is 5.07. The van der Waals surface area contributed by atoms with Gasteiger partial charge in [0.25, 0.3) is 0 Å². The predicted octanol–water partition coefficient (Wildman–Crippen LogP) is 5.19. The van der Waals surface area contributed by atoms with Crippen molar-refractivity contribution in [2.24, 2.45) is 0 Å². The molecule has 0 amide bonds. The molecule has 0 aliphatic rings. The summed E-state index contributed by atoms with van der Waals surface area (Å²) >= 11 is 7.59. The summed E-state index contributed by atoms with van der Waals surface area (Å²) in [6, 6.07) is 15.7. The van der Waals surface area contributed by atoms with Crippen LogP contribution in [-0.4, -0.2) is 43.9 Å². The molecular weight excluding hydrogens is 432 g/mol. The van der Waals surface area contributed by atoms with Gasteiger partial charge in [-0.15, -0.1) is 10.2 Å². The zero-order valence-corrected chi connectivity index (χ0v) is 19.4. The van der Waals surface area contributed by atoms with Gasteiger partial charge in [0.2, 0.25) is 11.7 Å². The molecule has 4 rings (SSSR count). The number of aryl methyl sites for hydroxylation is 1. The molecule has 4 aromatic rings. The molecule has 2 heterocycles. The Morgan fingerprint density at radius 3 is 2.55 bits per heavy atom. The minimum Gasteiger partial charge on any atom is -0.338 e. The van der Waals surface area contributed by atoms with E-state index in [9.17, 15) is 0 Å². The van der Waals surface area contributed by atoms with Crippen molar-refractivity contribution in [3.05, 3.63) is 70.8 Å². The number of aromatic nitrogens is 5. The van der Waals surface area contributed by atoms with Gasteiger partial charge < -0.3 is 4.52 Å². The standard InChI is InChI=1S/C22H23ClN6OS/c1-14-7-5-6-8-18(14)20-24-19(30-27-20)13-31-22-26-25-21(15(2)28(3)4)29(22)17-11-9-16(23)10-12-17/h5-12,15H,13H2,1-4H3. The molecule has 2 aromatic carbocycles. The fraction of sp³-hybridized carbons (Fsp3) is 0.273. The summed E-state index contributed by atoms with van der Waals surface area (Å²) in [6.07, 6.45) is 0. The van der Waals surface area contributed by atoms with Gasteiger partial charge in [-0.25, -0.2) is 0 Å². The monoisotopic (exact) mass is 454 g/mol. The van der Waals surface area contributed by atoms with Crippen molar-refractivity contribution in [1.82, 2.24) is 29.8 Å². The molecule has 7 nitrogen and oxygen atoms in total. The minimum absolute atomic E-state index is 0.0774. The smallest absolute Gasteiger partial charge is 0.237 e. The van der Waals surface area contributed by atoms with E-state index in [1.54, 1.807) is 0 Å². The number of hydrogen-bond acceptors (Lipinski definition) is 7. The first-order chi connectivity index (χ1) is 14.9. The maximum atomic E-state index is 6.09. The molecule has 160 valence electrons. The highest BCUT2D eigenvalue weighted by Gasteiger charge is 2.22. The average molecular weight is 455 g/mol. The first-order valence-electron chi connectivity index (χ1n) is 9.83. The van der Waals surface area contributed by atoms with Crippen LogP contribution >= 0.6 is 23.4 Å². The second kappa shape index (κ2) is 9.21. The fourth-order valence-electron chi connectivity index (χ4n) is 3.08. The molecule has 1 unspecified atom stereocenters. The predicted molar refractivity (Wildman–Crippen MR) is 123 cm³/mol. The summed E-state index contributed by atoms with van der Waals surface area (Å²) in [4.78, 5) is 6.65. The lowest BCUT2D eigenvalue weighted by atomic mass is 10.1. The van der Waals surface area contributed by atoms with Crippen molar-refractivity contribution in [1.29, 1.82) is 0 Å². The second-order valence-electron chi connectivity index (χ2n) is 7.41. The molecule has 31 heavy (non-hydrogen) atoms. The summed E-state index contributed by atoms with van der Waals surface area (Å²) in [7, 11) is 4.04. The van der Waals surface area contributed by atoms with Crippen molar-refractivity contribution in [3.63, 3.8) is 0 Å². The third-order valence-corrected chi connectivity index (χ3v) is 6.24. The molecule has 0 saturated carbocycles. The highest BCUT2D eigenvalue weighted by atomic mass is 35.5. The van der Waals surface area contributed by atoms with E-state index in [-0.39, 0.29) is 6.04 Å². The molecule has 0 aliphatic heterocycles. The van der Waals surface area contributed by atoms with Crippen LogP contribution in [0.1, 0.15) is 30.2 Å². The van der Waals surface area contributed by atoms with E-state index >= 15 is 0 Å². The zero-order chi connectivity index (χ0) is 22.0. The molecule has 1 atom stereocenters. The first kappa shape index (κ1) is 21.5. The Labute approximate surface area is 190 Å². The van der Waals surface area contributed by atoms with E-state index in [2.05, 4.69) is 32.2 Å². The number of hydrogen-bond donors (Lipinski definition) is 0. The molecule has 0 saturated heterocycles. The number of nitrogens with zero attached hydrogens (tertiary/aromatic N) is 6. The Kier molecular flexibility index (Phi) is 6.41. The van der Waals surface area contributed by atoms with Crippen LogP contribution in [-0.2, 0) is 5.75 Å². The molecule has 0 fully saturated rings. The Bertz CT molecular complexity index is 1170. The second-order valence-corrected chi connectivity index (χ2v) is 8.79. The molecule has 0 N–H and O–H groups in total. The topological polar surface area (TPSA) is 72.9 Å². The Hall–Kier alpha value is -2.68. The van der Waals surface area contributed by atoms with Crippen LogP contribution < -0.4 is 0 Å². The maximum absolute atomic E-state index is 6.09. The number of halogens is 1. The summed E-state index contributed by atoms with van der Waals surface area (Å²) in [5.41, 5.74) is 3.02. The van der Waals surface area contributed by atoms with Crippen LogP contribution in [0.3, 0.4) is 0 Å². The van der Waals surface area contributed by atoms with Gasteiger partial charge in [0.05, 0.1) is 11.8 Å². The van der Waals surface area contributed by atoms with Gasteiger partial charge >= 0.3 is 0 Å². The van der Waals surface area contributed by atoms with Gasteiger partial charge in [-0.3, -0.25) is 9.47 Å². The number of thioether (sulfide) groups is 1. The highest BCUT2D eigenvalue weighted by molar-refractivity contribution is 7.98. The zero-order valence-electron chi connectivity index (χ0n) is 17.8. The summed E-state index contributed by atoms with van der Waals surface area (Å²) < 4.78 is 7.53. The maximum Gasteiger partial charge on any atom is 0.237 e. The summed E-state index contributed by atoms with van der Waals surface area (Å²) in [6.45, 7) is 4.12. The molecule has 0 spiro atoms. The van der Waals surface area contributed by atoms with Crippen molar-refractivity contribution < 1.29 is 4.52 Å². The van der Waals surface area contributed by atoms with Crippen LogP contribution in [0.2, 0.25) is 5.02 Å². The molecule has 0 aliphatic carbocycles. The lowest BCUT2D eigenvalue weighted by molar-refractivity contribution is 0.305. The molecule has 0 bridgehead atoms. The lowest BCUT2D eigenvalue weighted by Crippen LogP contribution is -2.20. The minimum atomic E-state index is 0.0774. The molecule has 9 heteroatoms. The van der Waals surface area contributed by atoms with Crippen LogP contribution in [0.25, 0.3) is 17.1 Å². The number of benzene rings is 2. The highest BCUT2D eigenvalue weighted by Crippen LogP contribution is 2.29. The fourth-order valence-corrected chi connectivity index (χ4v) is 4.00. The van der Waals surface area contributed by atoms with Gasteiger partial charge in [0.1, 0.15) is 0 Å². The van der Waals surface area contributed by atoms with Crippen molar-refractivity contribution in [3.8, 4) is 17.1 Å². The average Bonchev–Trinajstić information content (AvgIpc) is 3.39. The Morgan fingerprint density at radius 2 is 1.84 bits per heavy atom.